The van der Waals surface area contributed by atoms with E-state index in [1.54, 1.807) is 11.3 Å². The van der Waals surface area contributed by atoms with Gasteiger partial charge in [-0.25, -0.2) is 4.98 Å². The lowest BCUT2D eigenvalue weighted by Gasteiger charge is -2.27. The summed E-state index contributed by atoms with van der Waals surface area (Å²) in [7, 11) is 0. The summed E-state index contributed by atoms with van der Waals surface area (Å²) in [5, 5.41) is 4.30. The second-order valence-electron chi connectivity index (χ2n) is 6.23. The Morgan fingerprint density at radius 2 is 2.04 bits per heavy atom. The van der Waals surface area contributed by atoms with E-state index in [9.17, 15) is 0 Å². The number of nitrogens with zero attached hydrogens (tertiary/aromatic N) is 4. The van der Waals surface area contributed by atoms with Crippen LogP contribution in [0.1, 0.15) is 19.3 Å². The number of anilines is 1. The molecule has 1 N–H and O–H groups in total. The van der Waals surface area contributed by atoms with Gasteiger partial charge in [-0.1, -0.05) is 29.9 Å². The Hall–Kier alpha value is -1.92. The zero-order valence-electron chi connectivity index (χ0n) is 13.8. The maximum Gasteiger partial charge on any atom is 0.204 e. The molecule has 2 aliphatic heterocycles. The molecule has 126 valence electrons. The first-order chi connectivity index (χ1) is 11.9. The quantitative estimate of drug-likeness (QED) is 0.928. The topological polar surface area (TPSA) is 43.8 Å². The number of benzene rings is 1. The third-order valence-corrected chi connectivity index (χ3v) is 5.57. The van der Waals surface area contributed by atoms with Gasteiger partial charge in [0, 0.05) is 19.3 Å². The van der Waals surface area contributed by atoms with Gasteiger partial charge in [0.15, 0.2) is 5.13 Å². The Morgan fingerprint density at radius 3 is 2.92 bits per heavy atom. The first-order valence-corrected chi connectivity index (χ1v) is 9.53. The van der Waals surface area contributed by atoms with Gasteiger partial charge >= 0.3 is 0 Å². The van der Waals surface area contributed by atoms with E-state index in [1.165, 1.54) is 37.1 Å². The summed E-state index contributed by atoms with van der Waals surface area (Å²) >= 11 is 1.72. The summed E-state index contributed by atoms with van der Waals surface area (Å²) in [6.45, 7) is 5.13. The van der Waals surface area contributed by atoms with Crippen LogP contribution in [-0.2, 0) is 0 Å². The van der Waals surface area contributed by atoms with Crippen molar-refractivity contribution < 1.29 is 0 Å². The third kappa shape index (κ3) is 3.44. The summed E-state index contributed by atoms with van der Waals surface area (Å²) in [5.41, 5.74) is 1.06. The SMILES string of the molecule is C1=CNC(=NCCN2CCCCC2)N(c2nc3ccccc3s2)C1. The molecule has 0 atom stereocenters. The van der Waals surface area contributed by atoms with E-state index in [-0.39, 0.29) is 0 Å². The van der Waals surface area contributed by atoms with Crippen LogP contribution in [0.25, 0.3) is 10.2 Å². The Morgan fingerprint density at radius 1 is 1.17 bits per heavy atom. The van der Waals surface area contributed by atoms with Gasteiger partial charge in [0.05, 0.1) is 16.8 Å². The van der Waals surface area contributed by atoms with Crippen molar-refractivity contribution in [2.75, 3.05) is 37.6 Å². The molecule has 0 aliphatic carbocycles. The maximum absolute atomic E-state index is 4.81. The molecule has 0 bridgehead atoms. The van der Waals surface area contributed by atoms with Gasteiger partial charge in [0.2, 0.25) is 5.96 Å². The first kappa shape index (κ1) is 15.6. The molecule has 5 nitrogen and oxygen atoms in total. The van der Waals surface area contributed by atoms with Crippen LogP contribution in [0.15, 0.2) is 41.5 Å². The number of piperidine rings is 1. The summed E-state index contributed by atoms with van der Waals surface area (Å²) in [6.07, 6.45) is 8.12. The van der Waals surface area contributed by atoms with Gasteiger partial charge < -0.3 is 10.2 Å². The van der Waals surface area contributed by atoms with Crippen molar-refractivity contribution in [3.63, 3.8) is 0 Å². The lowest BCUT2D eigenvalue weighted by molar-refractivity contribution is 0.235. The fraction of sp³-hybridized carbons (Fsp3) is 0.444. The summed E-state index contributed by atoms with van der Waals surface area (Å²) < 4.78 is 1.22. The molecule has 0 unspecified atom stereocenters. The van der Waals surface area contributed by atoms with E-state index < -0.39 is 0 Å². The molecule has 4 rings (SSSR count). The Balaban J connectivity index is 1.48. The fourth-order valence-corrected chi connectivity index (χ4v) is 4.19. The van der Waals surface area contributed by atoms with Crippen LogP contribution in [0.5, 0.6) is 0 Å². The molecule has 2 aromatic rings. The van der Waals surface area contributed by atoms with Gasteiger partial charge in [-0.05, 0) is 44.1 Å². The van der Waals surface area contributed by atoms with Gasteiger partial charge in [-0.3, -0.25) is 9.89 Å². The van der Waals surface area contributed by atoms with E-state index in [1.807, 2.05) is 12.3 Å². The lowest BCUT2D eigenvalue weighted by Crippen LogP contribution is -2.43. The third-order valence-electron chi connectivity index (χ3n) is 4.51. The number of aliphatic imine (C=N–C) groups is 1. The second kappa shape index (κ2) is 7.32. The molecular formula is C18H23N5S. The highest BCUT2D eigenvalue weighted by molar-refractivity contribution is 7.22. The number of guanidine groups is 1. The molecule has 1 saturated heterocycles. The molecule has 1 aromatic heterocycles. The van der Waals surface area contributed by atoms with Crippen molar-refractivity contribution in [3.05, 3.63) is 36.5 Å². The highest BCUT2D eigenvalue weighted by atomic mass is 32.1. The normalized spacial score (nSPS) is 20.7. The van der Waals surface area contributed by atoms with Crippen LogP contribution in [0.2, 0.25) is 0 Å². The van der Waals surface area contributed by atoms with Crippen LogP contribution < -0.4 is 10.2 Å². The van der Waals surface area contributed by atoms with Crippen molar-refractivity contribution in [1.29, 1.82) is 0 Å². The van der Waals surface area contributed by atoms with Crippen molar-refractivity contribution in [2.24, 2.45) is 4.99 Å². The smallest absolute Gasteiger partial charge is 0.204 e. The maximum atomic E-state index is 4.81. The number of hydrogen-bond donors (Lipinski definition) is 1. The minimum absolute atomic E-state index is 0.815. The molecule has 0 saturated carbocycles. The summed E-state index contributed by atoms with van der Waals surface area (Å²) in [4.78, 5) is 14.3. The zero-order valence-corrected chi connectivity index (χ0v) is 14.6. The lowest BCUT2D eigenvalue weighted by atomic mass is 10.1. The largest absolute Gasteiger partial charge is 0.333 e. The molecule has 24 heavy (non-hydrogen) atoms. The first-order valence-electron chi connectivity index (χ1n) is 8.72. The van der Waals surface area contributed by atoms with E-state index in [0.717, 1.165) is 36.2 Å². The average Bonchev–Trinajstić information content (AvgIpc) is 3.07. The summed E-state index contributed by atoms with van der Waals surface area (Å²) in [6, 6.07) is 8.28. The molecule has 2 aliphatic rings. The molecular weight excluding hydrogens is 318 g/mol. The van der Waals surface area contributed by atoms with Crippen LogP contribution in [0, 0.1) is 0 Å². The van der Waals surface area contributed by atoms with E-state index in [2.05, 4.69) is 39.4 Å². The van der Waals surface area contributed by atoms with Crippen molar-refractivity contribution in [3.8, 4) is 0 Å². The number of likely N-dealkylation sites (tertiary alicyclic amines) is 1. The number of para-hydroxylation sites is 1. The molecule has 1 fully saturated rings. The fourth-order valence-electron chi connectivity index (χ4n) is 3.21. The number of fused-ring (bicyclic) bond motifs is 1. The monoisotopic (exact) mass is 341 g/mol. The molecule has 0 radical (unpaired) electrons. The number of thiazole rings is 1. The minimum atomic E-state index is 0.815. The van der Waals surface area contributed by atoms with E-state index in [4.69, 9.17) is 9.98 Å². The van der Waals surface area contributed by atoms with Crippen LogP contribution in [-0.4, -0.2) is 48.6 Å². The number of rotatable bonds is 4. The Bertz CT molecular complexity index is 712. The summed E-state index contributed by atoms with van der Waals surface area (Å²) in [5.74, 6) is 0.911. The van der Waals surface area contributed by atoms with Gasteiger partial charge in [-0.15, -0.1) is 0 Å². The van der Waals surface area contributed by atoms with Crippen molar-refractivity contribution in [1.82, 2.24) is 15.2 Å². The Labute approximate surface area is 146 Å². The zero-order chi connectivity index (χ0) is 16.2. The predicted octanol–water partition coefficient (Wildman–Crippen LogP) is 3.06. The van der Waals surface area contributed by atoms with Gasteiger partial charge in [0.25, 0.3) is 0 Å². The van der Waals surface area contributed by atoms with Gasteiger partial charge in [-0.2, -0.15) is 0 Å². The highest BCUT2D eigenvalue weighted by Gasteiger charge is 2.19. The van der Waals surface area contributed by atoms with Crippen molar-refractivity contribution >= 4 is 32.6 Å². The molecule has 0 spiro atoms. The average molecular weight is 341 g/mol. The molecule has 3 heterocycles. The van der Waals surface area contributed by atoms with Crippen LogP contribution in [0.4, 0.5) is 5.13 Å². The minimum Gasteiger partial charge on any atom is -0.333 e. The molecule has 1 aromatic carbocycles. The predicted molar refractivity (Wildman–Crippen MR) is 102 cm³/mol. The molecule has 6 heteroatoms. The number of hydrogen-bond acceptors (Lipinski definition) is 4. The second-order valence-corrected chi connectivity index (χ2v) is 7.24. The number of aromatic nitrogens is 1. The number of nitrogens with one attached hydrogen (secondary N) is 1. The molecule has 0 amide bonds. The van der Waals surface area contributed by atoms with E-state index in [0.29, 0.717) is 0 Å². The van der Waals surface area contributed by atoms with Crippen LogP contribution in [0.3, 0.4) is 0 Å². The van der Waals surface area contributed by atoms with E-state index >= 15 is 0 Å². The van der Waals surface area contributed by atoms with Gasteiger partial charge in [0.1, 0.15) is 0 Å². The van der Waals surface area contributed by atoms with Crippen molar-refractivity contribution in [2.45, 2.75) is 19.3 Å². The highest BCUT2D eigenvalue weighted by Crippen LogP contribution is 2.29. The standard InChI is InChI=1S/C18H23N5S/c1-4-11-22(12-5-1)14-10-20-17-19-9-6-13-23(17)18-21-15-7-2-3-8-16(15)24-18/h2-3,6-9H,1,4-5,10-14H2,(H,19,20). The van der Waals surface area contributed by atoms with Crippen LogP contribution >= 0.6 is 11.3 Å². The Kier molecular flexibility index (Phi) is 4.76.